The molecule has 0 saturated carbocycles. The van der Waals surface area contributed by atoms with Gasteiger partial charge in [-0.2, -0.15) is 0 Å². The lowest BCUT2D eigenvalue weighted by atomic mass is 10.1. The zero-order valence-corrected chi connectivity index (χ0v) is 16.2. The van der Waals surface area contributed by atoms with E-state index >= 15 is 0 Å². The van der Waals surface area contributed by atoms with Crippen molar-refractivity contribution < 1.29 is 0 Å². The number of benzene rings is 2. The largest absolute Gasteiger partial charge is 0.360 e. The van der Waals surface area contributed by atoms with Crippen LogP contribution in [0.15, 0.2) is 66.9 Å². The molecule has 2 N–H and O–H groups in total. The Kier molecular flexibility index (Phi) is 3.72. The summed E-state index contributed by atoms with van der Waals surface area (Å²) in [4.78, 5) is 8.36. The van der Waals surface area contributed by atoms with E-state index < -0.39 is 0 Å². The third-order valence-electron chi connectivity index (χ3n) is 5.45. The summed E-state index contributed by atoms with van der Waals surface area (Å²) in [6.07, 6.45) is 2.05. The van der Waals surface area contributed by atoms with E-state index in [-0.39, 0.29) is 0 Å². The summed E-state index contributed by atoms with van der Waals surface area (Å²) in [5, 5.41) is 4.82. The molecule has 3 heterocycles. The standard InChI is InChI=1S/C24H22N4/c1-15-11-12-18(13-16(15)2)26-24-23(27-22-10-6-7-17(3)28(22)24)20-14-25-21-9-5-4-8-19(20)21/h4-14,25-26H,1-3H3. The molecule has 0 aliphatic rings. The van der Waals surface area contributed by atoms with Gasteiger partial charge in [0, 0.05) is 34.0 Å². The molecular formula is C24H22N4. The second-order valence-corrected chi connectivity index (χ2v) is 7.34. The maximum absolute atomic E-state index is 4.98. The normalized spacial score (nSPS) is 11.4. The molecule has 5 rings (SSSR count). The Hall–Kier alpha value is -3.53. The number of nitrogens with zero attached hydrogens (tertiary/aromatic N) is 2. The molecule has 5 aromatic rings. The highest BCUT2D eigenvalue weighted by Gasteiger charge is 2.18. The van der Waals surface area contributed by atoms with Crippen LogP contribution in [0, 0.1) is 20.8 Å². The molecule has 28 heavy (non-hydrogen) atoms. The van der Waals surface area contributed by atoms with Crippen LogP contribution >= 0.6 is 0 Å². The van der Waals surface area contributed by atoms with Crippen LogP contribution in [0.4, 0.5) is 11.5 Å². The number of aromatic amines is 1. The Balaban J connectivity index is 1.76. The number of fused-ring (bicyclic) bond motifs is 2. The van der Waals surface area contributed by atoms with Gasteiger partial charge in [0.25, 0.3) is 0 Å². The molecule has 0 fully saturated rings. The van der Waals surface area contributed by atoms with Gasteiger partial charge in [-0.15, -0.1) is 0 Å². The summed E-state index contributed by atoms with van der Waals surface area (Å²) in [5.41, 5.74) is 8.86. The Bertz CT molecular complexity index is 1320. The predicted molar refractivity (Wildman–Crippen MR) is 116 cm³/mol. The summed E-state index contributed by atoms with van der Waals surface area (Å²) in [5.74, 6) is 0.987. The van der Waals surface area contributed by atoms with Gasteiger partial charge in [0.15, 0.2) is 0 Å². The molecule has 4 nitrogen and oxygen atoms in total. The van der Waals surface area contributed by atoms with E-state index in [2.05, 4.69) is 90.1 Å². The van der Waals surface area contributed by atoms with E-state index in [1.165, 1.54) is 16.5 Å². The molecule has 0 atom stereocenters. The zero-order valence-electron chi connectivity index (χ0n) is 16.2. The van der Waals surface area contributed by atoms with Crippen LogP contribution < -0.4 is 5.32 Å². The maximum Gasteiger partial charge on any atom is 0.143 e. The third-order valence-corrected chi connectivity index (χ3v) is 5.45. The topological polar surface area (TPSA) is 45.1 Å². The van der Waals surface area contributed by atoms with Crippen molar-refractivity contribution in [2.24, 2.45) is 0 Å². The van der Waals surface area contributed by atoms with Crippen LogP contribution in [0.1, 0.15) is 16.8 Å². The Morgan fingerprint density at radius 3 is 2.61 bits per heavy atom. The Labute approximate surface area is 163 Å². The first-order valence-corrected chi connectivity index (χ1v) is 9.50. The van der Waals surface area contributed by atoms with Crippen molar-refractivity contribution in [3.63, 3.8) is 0 Å². The minimum atomic E-state index is 0.937. The number of para-hydroxylation sites is 1. The van der Waals surface area contributed by atoms with Crippen LogP contribution in [-0.2, 0) is 0 Å². The van der Waals surface area contributed by atoms with E-state index in [4.69, 9.17) is 4.98 Å². The number of pyridine rings is 1. The SMILES string of the molecule is Cc1ccc(Nc2c(-c3c[nH]c4ccccc34)nc3cccc(C)n23)cc1C. The van der Waals surface area contributed by atoms with Gasteiger partial charge in [-0.1, -0.05) is 30.3 Å². The van der Waals surface area contributed by atoms with Crippen molar-refractivity contribution in [2.75, 3.05) is 5.32 Å². The number of hydrogen-bond donors (Lipinski definition) is 2. The van der Waals surface area contributed by atoms with Crippen LogP contribution in [-0.4, -0.2) is 14.4 Å². The van der Waals surface area contributed by atoms with E-state index in [9.17, 15) is 0 Å². The number of hydrogen-bond acceptors (Lipinski definition) is 2. The highest BCUT2D eigenvalue weighted by Crippen LogP contribution is 2.36. The van der Waals surface area contributed by atoms with Crippen LogP contribution in [0.2, 0.25) is 0 Å². The molecule has 0 unspecified atom stereocenters. The van der Waals surface area contributed by atoms with Crippen molar-refractivity contribution in [3.05, 3.63) is 83.7 Å². The van der Waals surface area contributed by atoms with Crippen molar-refractivity contribution in [1.29, 1.82) is 0 Å². The number of aryl methyl sites for hydroxylation is 3. The average molecular weight is 366 g/mol. The van der Waals surface area contributed by atoms with Crippen LogP contribution in [0.25, 0.3) is 27.8 Å². The van der Waals surface area contributed by atoms with Crippen molar-refractivity contribution >= 4 is 28.1 Å². The highest BCUT2D eigenvalue weighted by atomic mass is 15.1. The predicted octanol–water partition coefficient (Wildman–Crippen LogP) is 6.15. The van der Waals surface area contributed by atoms with E-state index in [0.717, 1.165) is 39.6 Å². The lowest BCUT2D eigenvalue weighted by molar-refractivity contribution is 1.10. The van der Waals surface area contributed by atoms with Gasteiger partial charge in [0.1, 0.15) is 17.2 Å². The first-order chi connectivity index (χ1) is 13.6. The first kappa shape index (κ1) is 16.6. The third kappa shape index (κ3) is 2.57. The fourth-order valence-electron chi connectivity index (χ4n) is 3.78. The molecule has 2 aromatic carbocycles. The number of H-pyrrole nitrogens is 1. The number of anilines is 2. The minimum Gasteiger partial charge on any atom is -0.360 e. The zero-order chi connectivity index (χ0) is 19.3. The fraction of sp³-hybridized carbons (Fsp3) is 0.125. The Morgan fingerprint density at radius 2 is 1.75 bits per heavy atom. The van der Waals surface area contributed by atoms with Crippen molar-refractivity contribution in [2.45, 2.75) is 20.8 Å². The van der Waals surface area contributed by atoms with Gasteiger partial charge in [0.05, 0.1) is 0 Å². The van der Waals surface area contributed by atoms with Gasteiger partial charge in [-0.05, 0) is 62.2 Å². The summed E-state index contributed by atoms with van der Waals surface area (Å²) in [7, 11) is 0. The molecule has 0 aliphatic carbocycles. The van der Waals surface area contributed by atoms with Crippen LogP contribution in [0.5, 0.6) is 0 Å². The highest BCUT2D eigenvalue weighted by molar-refractivity contribution is 5.98. The summed E-state index contributed by atoms with van der Waals surface area (Å²) in [6, 6.07) is 21.0. The van der Waals surface area contributed by atoms with E-state index in [1.54, 1.807) is 0 Å². The number of aromatic nitrogens is 3. The molecular weight excluding hydrogens is 344 g/mol. The first-order valence-electron chi connectivity index (χ1n) is 9.50. The molecule has 0 saturated heterocycles. The second-order valence-electron chi connectivity index (χ2n) is 7.34. The maximum atomic E-state index is 4.98. The van der Waals surface area contributed by atoms with Crippen molar-refractivity contribution in [1.82, 2.24) is 14.4 Å². The van der Waals surface area contributed by atoms with Crippen LogP contribution in [0.3, 0.4) is 0 Å². The average Bonchev–Trinajstić information content (AvgIpc) is 3.27. The summed E-state index contributed by atoms with van der Waals surface area (Å²) < 4.78 is 2.19. The smallest absolute Gasteiger partial charge is 0.143 e. The van der Waals surface area contributed by atoms with Crippen molar-refractivity contribution in [3.8, 4) is 11.3 Å². The monoisotopic (exact) mass is 366 g/mol. The van der Waals surface area contributed by atoms with Gasteiger partial charge >= 0.3 is 0 Å². The second kappa shape index (κ2) is 6.27. The molecule has 3 aromatic heterocycles. The van der Waals surface area contributed by atoms with Gasteiger partial charge in [0.2, 0.25) is 0 Å². The molecule has 4 heteroatoms. The number of rotatable bonds is 3. The van der Waals surface area contributed by atoms with Gasteiger partial charge in [-0.25, -0.2) is 4.98 Å². The molecule has 0 aliphatic heterocycles. The van der Waals surface area contributed by atoms with Gasteiger partial charge in [-0.3, -0.25) is 4.40 Å². The summed E-state index contributed by atoms with van der Waals surface area (Å²) in [6.45, 7) is 6.38. The lowest BCUT2D eigenvalue weighted by Gasteiger charge is -2.12. The molecule has 138 valence electrons. The van der Waals surface area contributed by atoms with Gasteiger partial charge < -0.3 is 10.3 Å². The van der Waals surface area contributed by atoms with E-state index in [0.29, 0.717) is 0 Å². The molecule has 0 radical (unpaired) electrons. The Morgan fingerprint density at radius 1 is 0.893 bits per heavy atom. The molecule has 0 amide bonds. The minimum absolute atomic E-state index is 0.937. The summed E-state index contributed by atoms with van der Waals surface area (Å²) >= 11 is 0. The molecule has 0 bridgehead atoms. The molecule has 0 spiro atoms. The lowest BCUT2D eigenvalue weighted by Crippen LogP contribution is -2.00. The fourth-order valence-corrected chi connectivity index (χ4v) is 3.78. The number of nitrogens with one attached hydrogen (secondary N) is 2. The quantitative estimate of drug-likeness (QED) is 0.402. The van der Waals surface area contributed by atoms with E-state index in [1.807, 2.05) is 12.3 Å². The number of imidazole rings is 1.